The number of phosphoric acid groups is 1. The Morgan fingerprint density at radius 3 is 2.40 bits per heavy atom. The number of nitrogens with one attached hydrogen (secondary N) is 1. The zero-order valence-electron chi connectivity index (χ0n) is 23.2. The van der Waals surface area contributed by atoms with E-state index in [1.54, 1.807) is 28.9 Å². The smallest absolute Gasteiger partial charge is 0.404 e. The zero-order chi connectivity index (χ0) is 29.2. The first kappa shape index (κ1) is 29.5. The Labute approximate surface area is 234 Å². The SMILES string of the molecule is C/C(=C\C(=O)N[C@H](C(=O)N1CCCC1C(=O)N1CCc2ccccc21)C(C)(C)C)c1ccc(OP(=O)(O)O)cc1. The third-order valence-corrected chi connectivity index (χ3v) is 7.70. The van der Waals surface area contributed by atoms with Crippen molar-refractivity contribution in [2.45, 2.75) is 59.0 Å². The van der Waals surface area contributed by atoms with Crippen molar-refractivity contribution in [3.8, 4) is 5.75 Å². The molecule has 2 atom stereocenters. The Kier molecular flexibility index (Phi) is 8.54. The first-order valence-electron chi connectivity index (χ1n) is 13.3. The summed E-state index contributed by atoms with van der Waals surface area (Å²) in [6, 6.07) is 12.3. The first-order valence-corrected chi connectivity index (χ1v) is 14.8. The van der Waals surface area contributed by atoms with Crippen LogP contribution in [-0.2, 0) is 25.4 Å². The molecule has 11 heteroatoms. The molecule has 3 amide bonds. The number of amides is 3. The van der Waals surface area contributed by atoms with E-state index in [-0.39, 0.29) is 17.6 Å². The second kappa shape index (κ2) is 11.6. The van der Waals surface area contributed by atoms with Gasteiger partial charge in [0.2, 0.25) is 17.7 Å². The predicted octanol–water partition coefficient (Wildman–Crippen LogP) is 3.67. The number of phosphoric ester groups is 1. The fraction of sp³-hybridized carbons (Fsp3) is 0.414. The van der Waals surface area contributed by atoms with Crippen molar-refractivity contribution >= 4 is 36.8 Å². The van der Waals surface area contributed by atoms with Crippen LogP contribution in [0, 0.1) is 5.41 Å². The van der Waals surface area contributed by atoms with Crippen molar-refractivity contribution in [1.29, 1.82) is 0 Å². The van der Waals surface area contributed by atoms with Gasteiger partial charge in [0.15, 0.2) is 0 Å². The van der Waals surface area contributed by atoms with Crippen LogP contribution in [-0.4, -0.2) is 57.6 Å². The highest BCUT2D eigenvalue weighted by molar-refractivity contribution is 7.46. The molecule has 40 heavy (non-hydrogen) atoms. The van der Waals surface area contributed by atoms with Gasteiger partial charge in [-0.25, -0.2) is 4.57 Å². The number of hydrogen-bond donors (Lipinski definition) is 3. The van der Waals surface area contributed by atoms with E-state index in [4.69, 9.17) is 9.79 Å². The quantitative estimate of drug-likeness (QED) is 0.342. The zero-order valence-corrected chi connectivity index (χ0v) is 24.1. The number of fused-ring (bicyclic) bond motifs is 1. The maximum atomic E-state index is 13.9. The minimum absolute atomic E-state index is 0.000128. The summed E-state index contributed by atoms with van der Waals surface area (Å²) in [6.07, 6.45) is 3.45. The van der Waals surface area contributed by atoms with Crippen LogP contribution in [0.25, 0.3) is 5.57 Å². The van der Waals surface area contributed by atoms with Crippen LogP contribution < -0.4 is 14.7 Å². The minimum atomic E-state index is -4.67. The molecule has 0 aromatic heterocycles. The molecule has 2 aromatic carbocycles. The molecule has 0 saturated carbocycles. The Hall–Kier alpha value is -3.46. The van der Waals surface area contributed by atoms with Gasteiger partial charge in [0.05, 0.1) is 0 Å². The van der Waals surface area contributed by atoms with E-state index in [0.29, 0.717) is 37.1 Å². The molecule has 1 unspecified atom stereocenters. The van der Waals surface area contributed by atoms with Gasteiger partial charge in [-0.15, -0.1) is 0 Å². The summed E-state index contributed by atoms with van der Waals surface area (Å²) in [7, 11) is -4.67. The fourth-order valence-corrected chi connectivity index (χ4v) is 5.63. The molecule has 0 aliphatic carbocycles. The molecule has 2 aromatic rings. The highest BCUT2D eigenvalue weighted by atomic mass is 31.2. The average molecular weight is 570 g/mol. The summed E-state index contributed by atoms with van der Waals surface area (Å²) >= 11 is 0. The third-order valence-electron chi connectivity index (χ3n) is 7.26. The van der Waals surface area contributed by atoms with Gasteiger partial charge in [0.1, 0.15) is 17.8 Å². The highest BCUT2D eigenvalue weighted by Crippen LogP contribution is 2.37. The van der Waals surface area contributed by atoms with Crippen molar-refractivity contribution in [2.75, 3.05) is 18.0 Å². The van der Waals surface area contributed by atoms with Gasteiger partial charge in [-0.1, -0.05) is 51.1 Å². The van der Waals surface area contributed by atoms with Crippen LogP contribution in [0.5, 0.6) is 5.75 Å². The molecule has 4 rings (SSSR count). The van der Waals surface area contributed by atoms with Gasteiger partial charge >= 0.3 is 7.82 Å². The Bertz CT molecular complexity index is 1360. The predicted molar refractivity (Wildman–Crippen MR) is 151 cm³/mol. The van der Waals surface area contributed by atoms with Gasteiger partial charge in [-0.2, -0.15) is 0 Å². The lowest BCUT2D eigenvalue weighted by molar-refractivity contribution is -0.142. The number of benzene rings is 2. The number of likely N-dealkylation sites (tertiary alicyclic amines) is 1. The van der Waals surface area contributed by atoms with Crippen molar-refractivity contribution in [3.05, 3.63) is 65.7 Å². The van der Waals surface area contributed by atoms with Crippen LogP contribution in [0.2, 0.25) is 0 Å². The number of para-hydroxylation sites is 1. The maximum absolute atomic E-state index is 13.9. The molecule has 1 fully saturated rings. The molecule has 10 nitrogen and oxygen atoms in total. The molecule has 0 radical (unpaired) electrons. The van der Waals surface area contributed by atoms with Crippen molar-refractivity contribution in [3.63, 3.8) is 0 Å². The normalized spacial score (nSPS) is 18.4. The third kappa shape index (κ3) is 6.81. The van der Waals surface area contributed by atoms with E-state index < -0.39 is 31.2 Å². The van der Waals surface area contributed by atoms with E-state index in [9.17, 15) is 18.9 Å². The summed E-state index contributed by atoms with van der Waals surface area (Å²) in [6.45, 7) is 8.37. The lowest BCUT2D eigenvalue weighted by Gasteiger charge is -2.36. The lowest BCUT2D eigenvalue weighted by Crippen LogP contribution is -2.57. The number of carbonyl (C=O) groups excluding carboxylic acids is 3. The molecule has 0 spiro atoms. The van der Waals surface area contributed by atoms with Gasteiger partial charge in [-0.05, 0) is 66.5 Å². The summed E-state index contributed by atoms with van der Waals surface area (Å²) in [5, 5.41) is 2.86. The van der Waals surface area contributed by atoms with Crippen LogP contribution in [0.1, 0.15) is 51.7 Å². The minimum Gasteiger partial charge on any atom is -0.404 e. The van der Waals surface area contributed by atoms with E-state index in [0.717, 1.165) is 17.7 Å². The van der Waals surface area contributed by atoms with Crippen LogP contribution in [0.3, 0.4) is 0 Å². The van der Waals surface area contributed by atoms with Crippen molar-refractivity contribution < 1.29 is 33.3 Å². The van der Waals surface area contributed by atoms with Crippen molar-refractivity contribution in [2.24, 2.45) is 5.41 Å². The summed E-state index contributed by atoms with van der Waals surface area (Å²) in [5.41, 5.74) is 2.63. The molecular weight excluding hydrogens is 533 g/mol. The van der Waals surface area contributed by atoms with Gasteiger partial charge in [0, 0.05) is 24.9 Å². The molecule has 2 aliphatic heterocycles. The Morgan fingerprint density at radius 1 is 1.07 bits per heavy atom. The Balaban J connectivity index is 1.48. The molecule has 2 heterocycles. The number of rotatable bonds is 7. The van der Waals surface area contributed by atoms with Gasteiger partial charge < -0.3 is 19.6 Å². The topological polar surface area (TPSA) is 136 Å². The average Bonchev–Trinajstić information content (AvgIpc) is 3.53. The molecule has 2 aliphatic rings. The molecule has 3 N–H and O–H groups in total. The van der Waals surface area contributed by atoms with Gasteiger partial charge in [-0.3, -0.25) is 24.2 Å². The van der Waals surface area contributed by atoms with E-state index in [2.05, 4.69) is 9.84 Å². The number of allylic oxidation sites excluding steroid dienone is 1. The van der Waals surface area contributed by atoms with Crippen LogP contribution in [0.15, 0.2) is 54.6 Å². The van der Waals surface area contributed by atoms with E-state index >= 15 is 0 Å². The van der Waals surface area contributed by atoms with Crippen molar-refractivity contribution in [1.82, 2.24) is 10.2 Å². The van der Waals surface area contributed by atoms with Crippen LogP contribution >= 0.6 is 7.82 Å². The molecule has 214 valence electrons. The van der Waals surface area contributed by atoms with E-state index in [1.165, 1.54) is 18.2 Å². The molecule has 0 bridgehead atoms. The van der Waals surface area contributed by atoms with Gasteiger partial charge in [0.25, 0.3) is 0 Å². The molecular formula is C29H36N3O7P. The number of carbonyl (C=O) groups is 3. The number of anilines is 1. The van der Waals surface area contributed by atoms with Crippen LogP contribution in [0.4, 0.5) is 5.69 Å². The van der Waals surface area contributed by atoms with E-state index in [1.807, 2.05) is 45.0 Å². The first-order chi connectivity index (χ1) is 18.7. The standard InChI is InChI=1S/C29H36N3O7P/c1-19(20-11-13-22(14-12-20)39-40(36,37)38)18-25(33)30-26(29(2,3)4)28(35)31-16-7-10-24(31)27(34)32-17-15-21-8-5-6-9-23(21)32/h5-6,8-9,11-14,18,24,26H,7,10,15-17H2,1-4H3,(H,30,33)(H2,36,37,38)/b19-18+/t24?,26-/m1/s1. The highest BCUT2D eigenvalue weighted by Gasteiger charge is 2.43. The second-order valence-corrected chi connectivity index (χ2v) is 12.5. The monoisotopic (exact) mass is 569 g/mol. The summed E-state index contributed by atoms with van der Waals surface area (Å²) in [4.78, 5) is 61.8. The number of hydrogen-bond acceptors (Lipinski definition) is 5. The summed E-state index contributed by atoms with van der Waals surface area (Å²) in [5.74, 6) is -0.831. The second-order valence-electron chi connectivity index (χ2n) is 11.3. The fourth-order valence-electron chi connectivity index (χ4n) is 5.23. The lowest BCUT2D eigenvalue weighted by atomic mass is 9.85. The molecule has 1 saturated heterocycles. The maximum Gasteiger partial charge on any atom is 0.524 e. The summed E-state index contributed by atoms with van der Waals surface area (Å²) < 4.78 is 15.6. The largest absolute Gasteiger partial charge is 0.524 e. The number of nitrogens with zero attached hydrogens (tertiary/aromatic N) is 2. The Morgan fingerprint density at radius 2 is 1.75 bits per heavy atom.